The van der Waals surface area contributed by atoms with Crippen LogP contribution in [0.1, 0.15) is 30.1 Å². The zero-order chi connectivity index (χ0) is 14.0. The lowest BCUT2D eigenvalue weighted by molar-refractivity contribution is 0.0574. The Bertz CT molecular complexity index is 481. The minimum atomic E-state index is -0.0198. The number of hydrogen-bond donors (Lipinski definition) is 1. The summed E-state index contributed by atoms with van der Waals surface area (Å²) in [4.78, 5) is 14.5. The normalized spacial score (nSPS) is 23.5. The lowest BCUT2D eigenvalue weighted by atomic mass is 9.92. The van der Waals surface area contributed by atoms with Gasteiger partial charge in [-0.1, -0.05) is 24.6 Å². The molecule has 2 unspecified atom stereocenters. The fourth-order valence-corrected chi connectivity index (χ4v) is 3.14. The highest BCUT2D eigenvalue weighted by Gasteiger charge is 2.30. The number of hydrogen-bond acceptors (Lipinski definition) is 2. The summed E-state index contributed by atoms with van der Waals surface area (Å²) in [6.07, 6.45) is 1.99. The molecule has 1 aromatic rings. The first-order valence-corrected chi connectivity index (χ1v) is 7.66. The van der Waals surface area contributed by atoms with Gasteiger partial charge in [0.25, 0.3) is 5.91 Å². The molecule has 1 aliphatic rings. The molecule has 1 amide bonds. The molecule has 2 N–H and O–H groups in total. The summed E-state index contributed by atoms with van der Waals surface area (Å²) in [5, 5.41) is 0.474. The van der Waals surface area contributed by atoms with Crippen molar-refractivity contribution in [3.8, 4) is 0 Å². The molecule has 5 heteroatoms. The zero-order valence-electron chi connectivity index (χ0n) is 10.9. The van der Waals surface area contributed by atoms with Crippen molar-refractivity contribution in [3.63, 3.8) is 0 Å². The van der Waals surface area contributed by atoms with Gasteiger partial charge in [-0.3, -0.25) is 4.79 Å². The van der Waals surface area contributed by atoms with E-state index in [4.69, 9.17) is 17.3 Å². The van der Waals surface area contributed by atoms with Crippen molar-refractivity contribution in [1.82, 2.24) is 4.90 Å². The molecule has 0 radical (unpaired) electrons. The van der Waals surface area contributed by atoms with Gasteiger partial charge in [-0.2, -0.15) is 0 Å². The van der Waals surface area contributed by atoms with E-state index in [1.165, 1.54) is 0 Å². The standard InChI is InChI=1S/C14H18BrClN2O/c1-9-5-6-18(10(7-9)8-17)14(19)11-3-2-4-12(15)13(11)16/h2-4,9-10H,5-8,17H2,1H3. The van der Waals surface area contributed by atoms with Gasteiger partial charge in [0.1, 0.15) is 0 Å². The van der Waals surface area contributed by atoms with Crippen molar-refractivity contribution < 1.29 is 4.79 Å². The maximum atomic E-state index is 12.6. The van der Waals surface area contributed by atoms with Crippen molar-refractivity contribution in [3.05, 3.63) is 33.3 Å². The number of carbonyl (C=O) groups excluding carboxylic acids is 1. The van der Waals surface area contributed by atoms with Crippen LogP contribution in [0.2, 0.25) is 5.02 Å². The molecule has 0 saturated carbocycles. The largest absolute Gasteiger partial charge is 0.334 e. The number of likely N-dealkylation sites (tertiary alicyclic amines) is 1. The first-order chi connectivity index (χ1) is 9.04. The van der Waals surface area contributed by atoms with Crippen LogP contribution < -0.4 is 5.73 Å². The molecule has 1 heterocycles. The first-order valence-electron chi connectivity index (χ1n) is 6.49. The molecule has 0 aromatic heterocycles. The van der Waals surface area contributed by atoms with Crippen molar-refractivity contribution in [2.45, 2.75) is 25.8 Å². The second kappa shape index (κ2) is 6.25. The van der Waals surface area contributed by atoms with Crippen LogP contribution in [0.5, 0.6) is 0 Å². The van der Waals surface area contributed by atoms with Crippen LogP contribution in [0, 0.1) is 5.92 Å². The SMILES string of the molecule is CC1CCN(C(=O)c2cccc(Br)c2Cl)C(CN)C1. The molecule has 3 nitrogen and oxygen atoms in total. The molecular formula is C14H18BrClN2O. The Morgan fingerprint density at radius 3 is 3.00 bits per heavy atom. The van der Waals surface area contributed by atoms with Crippen molar-refractivity contribution in [1.29, 1.82) is 0 Å². The molecule has 104 valence electrons. The molecule has 19 heavy (non-hydrogen) atoms. The van der Waals surface area contributed by atoms with E-state index in [0.717, 1.165) is 23.9 Å². The van der Waals surface area contributed by atoms with E-state index in [1.54, 1.807) is 6.07 Å². The lowest BCUT2D eigenvalue weighted by Crippen LogP contribution is -2.49. The van der Waals surface area contributed by atoms with Crippen molar-refractivity contribution in [2.75, 3.05) is 13.1 Å². The molecule has 1 aliphatic heterocycles. The lowest BCUT2D eigenvalue weighted by Gasteiger charge is -2.38. The number of carbonyl (C=O) groups is 1. The Labute approximate surface area is 127 Å². The predicted octanol–water partition coefficient (Wildman–Crippen LogP) is 3.30. The van der Waals surface area contributed by atoms with Gasteiger partial charge < -0.3 is 10.6 Å². The highest BCUT2D eigenvalue weighted by Crippen LogP contribution is 2.29. The van der Waals surface area contributed by atoms with E-state index >= 15 is 0 Å². The molecule has 1 saturated heterocycles. The number of benzene rings is 1. The third kappa shape index (κ3) is 3.12. The van der Waals surface area contributed by atoms with Gasteiger partial charge in [-0.25, -0.2) is 0 Å². The maximum absolute atomic E-state index is 12.6. The smallest absolute Gasteiger partial charge is 0.255 e. The number of nitrogens with two attached hydrogens (primary N) is 1. The number of halogens is 2. The van der Waals surface area contributed by atoms with Gasteiger partial charge in [0.05, 0.1) is 10.6 Å². The number of nitrogens with zero attached hydrogens (tertiary/aromatic N) is 1. The summed E-state index contributed by atoms with van der Waals surface area (Å²) in [7, 11) is 0. The van der Waals surface area contributed by atoms with Crippen LogP contribution in [0.3, 0.4) is 0 Å². The second-order valence-corrected chi connectivity index (χ2v) is 6.35. The molecule has 2 rings (SSSR count). The summed E-state index contributed by atoms with van der Waals surface area (Å²) in [6.45, 7) is 3.46. The Hall–Kier alpha value is -0.580. The Morgan fingerprint density at radius 2 is 2.32 bits per heavy atom. The fraction of sp³-hybridized carbons (Fsp3) is 0.500. The highest BCUT2D eigenvalue weighted by molar-refractivity contribution is 9.10. The molecular weight excluding hydrogens is 328 g/mol. The van der Waals surface area contributed by atoms with E-state index < -0.39 is 0 Å². The third-order valence-corrected chi connectivity index (χ3v) is 4.99. The topological polar surface area (TPSA) is 46.3 Å². The van der Waals surface area contributed by atoms with Crippen LogP contribution in [0.4, 0.5) is 0 Å². The zero-order valence-corrected chi connectivity index (χ0v) is 13.2. The van der Waals surface area contributed by atoms with Gasteiger partial charge in [0.2, 0.25) is 0 Å². The molecule has 0 spiro atoms. The van der Waals surface area contributed by atoms with Gasteiger partial charge in [-0.15, -0.1) is 0 Å². The van der Waals surface area contributed by atoms with Gasteiger partial charge in [0, 0.05) is 23.6 Å². The van der Waals surface area contributed by atoms with Gasteiger partial charge in [-0.05, 0) is 46.8 Å². The van der Waals surface area contributed by atoms with Crippen LogP contribution in [0.15, 0.2) is 22.7 Å². The van der Waals surface area contributed by atoms with Crippen LogP contribution in [-0.2, 0) is 0 Å². The second-order valence-electron chi connectivity index (χ2n) is 5.12. The van der Waals surface area contributed by atoms with E-state index in [2.05, 4.69) is 22.9 Å². The molecule has 2 atom stereocenters. The van der Waals surface area contributed by atoms with Crippen LogP contribution in [0.25, 0.3) is 0 Å². The van der Waals surface area contributed by atoms with Crippen molar-refractivity contribution >= 4 is 33.4 Å². The summed E-state index contributed by atoms with van der Waals surface area (Å²) in [5.41, 5.74) is 6.35. The Kier molecular flexibility index (Phi) is 4.87. The number of piperidine rings is 1. The summed E-state index contributed by atoms with van der Waals surface area (Å²) >= 11 is 9.55. The molecule has 0 bridgehead atoms. The van der Waals surface area contributed by atoms with Gasteiger partial charge >= 0.3 is 0 Å². The fourth-order valence-electron chi connectivity index (χ4n) is 2.57. The van der Waals surface area contributed by atoms with Crippen molar-refractivity contribution in [2.24, 2.45) is 11.7 Å². The van der Waals surface area contributed by atoms with Crippen LogP contribution in [-0.4, -0.2) is 29.9 Å². The van der Waals surface area contributed by atoms with Gasteiger partial charge in [0.15, 0.2) is 0 Å². The minimum Gasteiger partial charge on any atom is -0.334 e. The molecule has 1 aromatic carbocycles. The first kappa shape index (κ1) is 14.8. The summed E-state index contributed by atoms with van der Waals surface area (Å²) in [5.74, 6) is 0.601. The summed E-state index contributed by atoms with van der Waals surface area (Å²) < 4.78 is 0.745. The average Bonchev–Trinajstić information content (AvgIpc) is 2.41. The van der Waals surface area contributed by atoms with Crippen LogP contribution >= 0.6 is 27.5 Å². The number of rotatable bonds is 2. The Morgan fingerprint density at radius 1 is 1.58 bits per heavy atom. The Balaban J connectivity index is 2.25. The quantitative estimate of drug-likeness (QED) is 0.894. The van der Waals surface area contributed by atoms with E-state index in [-0.39, 0.29) is 11.9 Å². The average molecular weight is 346 g/mol. The monoisotopic (exact) mass is 344 g/mol. The minimum absolute atomic E-state index is 0.0198. The van der Waals surface area contributed by atoms with E-state index in [1.807, 2.05) is 17.0 Å². The predicted molar refractivity (Wildman–Crippen MR) is 81.4 cm³/mol. The van der Waals surface area contributed by atoms with E-state index in [0.29, 0.717) is 23.0 Å². The number of amides is 1. The highest BCUT2D eigenvalue weighted by atomic mass is 79.9. The summed E-state index contributed by atoms with van der Waals surface area (Å²) in [6, 6.07) is 5.54. The maximum Gasteiger partial charge on any atom is 0.255 e. The van der Waals surface area contributed by atoms with E-state index in [9.17, 15) is 4.79 Å². The third-order valence-electron chi connectivity index (χ3n) is 3.69. The molecule has 0 aliphatic carbocycles. The molecule has 1 fully saturated rings.